The molecule has 240 valence electrons. The number of nitrogens with zero attached hydrogens (tertiary/aromatic N) is 1. The molecule has 13 heteroatoms. The van der Waals surface area contributed by atoms with E-state index in [2.05, 4.69) is 16.0 Å². The molecule has 0 aliphatic carbocycles. The van der Waals surface area contributed by atoms with Crippen molar-refractivity contribution < 1.29 is 38.3 Å². The highest BCUT2D eigenvalue weighted by Gasteiger charge is 2.32. The van der Waals surface area contributed by atoms with Crippen LogP contribution in [0.15, 0.2) is 0 Å². The number of amides is 5. The molecule has 13 nitrogen and oxygen atoms in total. The third kappa shape index (κ3) is 17.3. The number of Topliss-reactive ketones (excluding diaryl/α,β-unsaturated/α-hetero) is 2. The van der Waals surface area contributed by atoms with Crippen LogP contribution in [0.5, 0.6) is 0 Å². The molecule has 5 N–H and O–H groups in total. The second kappa shape index (κ2) is 18.8. The topological polar surface area (TPSA) is 194 Å². The average molecular weight is 598 g/mol. The van der Waals surface area contributed by atoms with Crippen molar-refractivity contribution in [2.45, 2.75) is 111 Å². The number of urea groups is 1. The molecule has 0 aromatic rings. The zero-order valence-electron chi connectivity index (χ0n) is 26.5. The highest BCUT2D eigenvalue weighted by atomic mass is 16.6. The molecule has 0 aromatic heterocycles. The van der Waals surface area contributed by atoms with Crippen LogP contribution >= 0.6 is 0 Å². The van der Waals surface area contributed by atoms with Gasteiger partial charge in [-0.1, -0.05) is 13.8 Å². The summed E-state index contributed by atoms with van der Waals surface area (Å²) < 4.78 is 5.33. The van der Waals surface area contributed by atoms with Crippen LogP contribution in [0.25, 0.3) is 0 Å². The molecule has 0 aliphatic rings. The minimum absolute atomic E-state index is 0.00873. The van der Waals surface area contributed by atoms with Crippen molar-refractivity contribution in [3.63, 3.8) is 0 Å². The number of nitrogens with two attached hydrogens (primary N) is 1. The molecule has 0 unspecified atom stereocenters. The molecular formula is C29H51N5O8. The minimum atomic E-state index is -1.05. The number of rotatable bonds is 19. The first-order valence-corrected chi connectivity index (χ1v) is 14.4. The van der Waals surface area contributed by atoms with Crippen molar-refractivity contribution in [1.82, 2.24) is 20.9 Å². The van der Waals surface area contributed by atoms with Crippen molar-refractivity contribution in [1.29, 1.82) is 0 Å². The number of primary amides is 1. The average Bonchev–Trinajstić information content (AvgIpc) is 2.84. The molecule has 0 saturated carbocycles. The van der Waals surface area contributed by atoms with Crippen molar-refractivity contribution in [2.75, 3.05) is 20.6 Å². The number of nitrogens with one attached hydrogen (secondary N) is 3. The summed E-state index contributed by atoms with van der Waals surface area (Å²) in [7, 11) is 3.24. The van der Waals surface area contributed by atoms with Gasteiger partial charge in [-0.3, -0.25) is 28.8 Å². The van der Waals surface area contributed by atoms with E-state index >= 15 is 0 Å². The molecule has 0 saturated heterocycles. The van der Waals surface area contributed by atoms with Gasteiger partial charge in [0.25, 0.3) is 0 Å². The van der Waals surface area contributed by atoms with E-state index in [0.717, 1.165) is 0 Å². The van der Waals surface area contributed by atoms with E-state index in [4.69, 9.17) is 10.5 Å². The minimum Gasteiger partial charge on any atom is -0.460 e. The Morgan fingerprint density at radius 2 is 1.48 bits per heavy atom. The molecule has 0 spiro atoms. The van der Waals surface area contributed by atoms with Gasteiger partial charge in [-0.2, -0.15) is 0 Å². The van der Waals surface area contributed by atoms with Crippen LogP contribution in [0.4, 0.5) is 4.79 Å². The number of carbonyl (C=O) groups excluding carboxylic acids is 7. The number of ether oxygens (including phenoxy) is 1. The van der Waals surface area contributed by atoms with Gasteiger partial charge in [-0.15, -0.1) is 0 Å². The molecule has 42 heavy (non-hydrogen) atoms. The van der Waals surface area contributed by atoms with Crippen LogP contribution in [0.1, 0.15) is 92.9 Å². The lowest BCUT2D eigenvalue weighted by Crippen LogP contribution is -2.47. The quantitative estimate of drug-likeness (QED) is 0.127. The van der Waals surface area contributed by atoms with E-state index < -0.39 is 53.2 Å². The Labute approximate surface area is 249 Å². The fourth-order valence-corrected chi connectivity index (χ4v) is 4.02. The lowest BCUT2D eigenvalue weighted by Gasteiger charge is -2.26. The van der Waals surface area contributed by atoms with Crippen molar-refractivity contribution >= 4 is 41.3 Å². The molecular weight excluding hydrogens is 546 g/mol. The lowest BCUT2D eigenvalue weighted by molar-refractivity contribution is -0.155. The highest BCUT2D eigenvalue weighted by Crippen LogP contribution is 2.20. The normalized spacial score (nSPS) is 13.4. The molecule has 5 amide bonds. The maximum atomic E-state index is 13.4. The Hall–Kier alpha value is -3.51. The standard InChI is InChI=1S/C29H51N5O8/c1-18(2)20(27(40)33-21(19(3)35)11-10-16-31-28(30)41)17-23(36)22(14-15-26(39)42-29(4,5)6)32-24(37)12-9-13-25(38)34(7)8/h18,20-22H,9-17H2,1-8H3,(H,32,37)(H,33,40)(H3,30,31,41)/t20-,21-,22-/m0/s1. The predicted molar refractivity (Wildman–Crippen MR) is 157 cm³/mol. The third-order valence-electron chi connectivity index (χ3n) is 6.41. The third-order valence-corrected chi connectivity index (χ3v) is 6.41. The molecule has 0 rings (SSSR count). The maximum absolute atomic E-state index is 13.4. The summed E-state index contributed by atoms with van der Waals surface area (Å²) in [4.78, 5) is 87.9. The summed E-state index contributed by atoms with van der Waals surface area (Å²) in [6, 6.07) is -2.55. The van der Waals surface area contributed by atoms with Gasteiger partial charge in [-0.25, -0.2) is 4.79 Å². The van der Waals surface area contributed by atoms with Crippen molar-refractivity contribution in [3.8, 4) is 0 Å². The van der Waals surface area contributed by atoms with Crippen LogP contribution < -0.4 is 21.7 Å². The van der Waals surface area contributed by atoms with Crippen LogP contribution in [0.3, 0.4) is 0 Å². The van der Waals surface area contributed by atoms with Crippen LogP contribution in [-0.4, -0.2) is 84.5 Å². The Kier molecular flexibility index (Phi) is 17.3. The number of ketones is 2. The number of hydrogen-bond acceptors (Lipinski definition) is 8. The van der Waals surface area contributed by atoms with E-state index in [9.17, 15) is 33.6 Å². The van der Waals surface area contributed by atoms with Gasteiger partial charge in [-0.05, 0) is 59.3 Å². The highest BCUT2D eigenvalue weighted by molar-refractivity contribution is 5.94. The fourth-order valence-electron chi connectivity index (χ4n) is 4.02. The Morgan fingerprint density at radius 1 is 0.857 bits per heavy atom. The molecule has 0 aliphatic heterocycles. The van der Waals surface area contributed by atoms with E-state index in [1.807, 2.05) is 0 Å². The zero-order valence-corrected chi connectivity index (χ0v) is 26.5. The largest absolute Gasteiger partial charge is 0.460 e. The SMILES string of the molecule is CC(=O)[C@H](CCCNC(N)=O)NC(=O)[C@@H](CC(=O)[C@H](CCC(=O)OC(C)(C)C)NC(=O)CCCC(=O)N(C)C)C(C)C. The monoisotopic (exact) mass is 597 g/mol. The van der Waals surface area contributed by atoms with Crippen LogP contribution in [-0.2, 0) is 33.5 Å². The lowest BCUT2D eigenvalue weighted by atomic mass is 9.86. The van der Waals surface area contributed by atoms with Crippen LogP contribution in [0, 0.1) is 11.8 Å². The molecule has 0 heterocycles. The first-order valence-electron chi connectivity index (χ1n) is 14.4. The summed E-state index contributed by atoms with van der Waals surface area (Å²) in [6.07, 6.45) is 0.757. The van der Waals surface area contributed by atoms with Gasteiger partial charge in [0.15, 0.2) is 11.6 Å². The second-order valence-corrected chi connectivity index (χ2v) is 12.0. The number of esters is 1. The molecule has 0 fully saturated rings. The van der Waals surface area contributed by atoms with Gasteiger partial charge >= 0.3 is 12.0 Å². The number of carbonyl (C=O) groups is 7. The number of hydrogen-bond donors (Lipinski definition) is 4. The summed E-state index contributed by atoms with van der Waals surface area (Å²) in [5.41, 5.74) is 4.33. The maximum Gasteiger partial charge on any atom is 0.312 e. The Morgan fingerprint density at radius 3 is 1.98 bits per heavy atom. The first kappa shape index (κ1) is 38.5. The van der Waals surface area contributed by atoms with E-state index in [1.54, 1.807) is 48.7 Å². The smallest absolute Gasteiger partial charge is 0.312 e. The molecule has 0 bridgehead atoms. The summed E-state index contributed by atoms with van der Waals surface area (Å²) >= 11 is 0. The Bertz CT molecular complexity index is 958. The predicted octanol–water partition coefficient (Wildman–Crippen LogP) is 1.61. The summed E-state index contributed by atoms with van der Waals surface area (Å²) in [6.45, 7) is 10.3. The van der Waals surface area contributed by atoms with Gasteiger partial charge < -0.3 is 31.3 Å². The summed E-state index contributed by atoms with van der Waals surface area (Å²) in [5, 5.41) is 7.81. The van der Waals surface area contributed by atoms with E-state index in [-0.39, 0.29) is 69.1 Å². The fraction of sp³-hybridized carbons (Fsp3) is 0.759. The molecule has 0 radical (unpaired) electrons. The van der Waals surface area contributed by atoms with Crippen molar-refractivity contribution in [3.05, 3.63) is 0 Å². The van der Waals surface area contributed by atoms with Gasteiger partial charge in [0.05, 0.1) is 12.1 Å². The molecule has 3 atom stereocenters. The van der Waals surface area contributed by atoms with Gasteiger partial charge in [0.2, 0.25) is 17.7 Å². The van der Waals surface area contributed by atoms with Crippen molar-refractivity contribution in [2.24, 2.45) is 17.6 Å². The summed E-state index contributed by atoms with van der Waals surface area (Å²) in [5.74, 6) is -3.38. The second-order valence-electron chi connectivity index (χ2n) is 12.0. The van der Waals surface area contributed by atoms with Crippen LogP contribution in [0.2, 0.25) is 0 Å². The Balaban J connectivity index is 5.55. The first-order chi connectivity index (χ1) is 19.3. The van der Waals surface area contributed by atoms with Gasteiger partial charge in [0, 0.05) is 52.2 Å². The van der Waals surface area contributed by atoms with E-state index in [0.29, 0.717) is 6.42 Å². The molecule has 0 aromatic carbocycles. The zero-order chi connectivity index (χ0) is 32.6. The van der Waals surface area contributed by atoms with Gasteiger partial charge in [0.1, 0.15) is 5.60 Å². The van der Waals surface area contributed by atoms with E-state index in [1.165, 1.54) is 11.8 Å².